The molecule has 0 aromatic heterocycles. The molecule has 15 heavy (non-hydrogen) atoms. The van der Waals surface area contributed by atoms with E-state index in [-0.39, 0.29) is 0 Å². The fourth-order valence-electron chi connectivity index (χ4n) is 1.71. The summed E-state index contributed by atoms with van der Waals surface area (Å²) in [5, 5.41) is 1.12. The molecule has 0 aliphatic rings. The lowest BCUT2D eigenvalue weighted by Gasteiger charge is -2.16. The number of hydrogen-bond acceptors (Lipinski definition) is 2. The Balaban J connectivity index is 3.29. The molecule has 81 valence electrons. The van der Waals surface area contributed by atoms with Crippen LogP contribution in [-0.4, -0.2) is 24.5 Å². The Hall–Kier alpha value is -0.963. The molecule has 0 aliphatic carbocycles. The van der Waals surface area contributed by atoms with Crippen LogP contribution >= 0.6 is 0 Å². The first kappa shape index (κ1) is 12.1. The first-order valence-corrected chi connectivity index (χ1v) is 5.61. The second kappa shape index (κ2) is 5.21. The average molecular weight is 221 g/mol. The van der Waals surface area contributed by atoms with Gasteiger partial charge in [-0.15, -0.1) is 0 Å². The van der Waals surface area contributed by atoms with Gasteiger partial charge in [-0.05, 0) is 30.5 Å². The highest BCUT2D eigenvalue weighted by molar-refractivity contribution is 6.34. The Bertz CT molecular complexity index is 348. The molecule has 0 saturated heterocycles. The van der Waals surface area contributed by atoms with Crippen LogP contribution in [0.2, 0.25) is 0 Å². The monoisotopic (exact) mass is 221 g/mol. The van der Waals surface area contributed by atoms with Crippen molar-refractivity contribution in [3.05, 3.63) is 17.2 Å². The van der Waals surface area contributed by atoms with Gasteiger partial charge in [0.2, 0.25) is 0 Å². The van der Waals surface area contributed by atoms with Crippen LogP contribution in [0.15, 0.2) is 6.07 Å². The average Bonchev–Trinajstić information content (AvgIpc) is 2.24. The zero-order valence-corrected chi connectivity index (χ0v) is 10.8. The highest BCUT2D eigenvalue weighted by Gasteiger charge is 2.12. The second-order valence-corrected chi connectivity index (χ2v) is 4.02. The number of aryl methyl sites for hydroxylation is 1. The van der Waals surface area contributed by atoms with Crippen LogP contribution in [0.1, 0.15) is 24.5 Å². The van der Waals surface area contributed by atoms with Crippen molar-refractivity contribution in [2.45, 2.75) is 26.7 Å². The van der Waals surface area contributed by atoms with Crippen LogP contribution in [0.25, 0.3) is 0 Å². The number of ether oxygens (including phenoxy) is 2. The topological polar surface area (TPSA) is 18.5 Å². The molecule has 1 aromatic carbocycles. The summed E-state index contributed by atoms with van der Waals surface area (Å²) < 4.78 is 10.6. The van der Waals surface area contributed by atoms with E-state index in [0.717, 1.165) is 35.1 Å². The van der Waals surface area contributed by atoms with E-state index in [1.165, 1.54) is 5.56 Å². The summed E-state index contributed by atoms with van der Waals surface area (Å²) in [4.78, 5) is 0. The SMILES string of the molecule is CCCc1cc(OC)c(OC)c(C)c1[Si]. The Labute approximate surface area is 95.0 Å². The van der Waals surface area contributed by atoms with Crippen molar-refractivity contribution in [1.29, 1.82) is 0 Å². The summed E-state index contributed by atoms with van der Waals surface area (Å²) in [6.07, 6.45) is 2.16. The number of methoxy groups -OCH3 is 2. The van der Waals surface area contributed by atoms with Gasteiger partial charge in [-0.2, -0.15) is 0 Å². The fraction of sp³-hybridized carbons (Fsp3) is 0.500. The van der Waals surface area contributed by atoms with Gasteiger partial charge in [-0.25, -0.2) is 0 Å². The lowest BCUT2D eigenvalue weighted by Crippen LogP contribution is -2.16. The molecule has 0 fully saturated rings. The summed E-state index contributed by atoms with van der Waals surface area (Å²) in [6.45, 7) is 4.19. The first-order chi connectivity index (χ1) is 7.15. The smallest absolute Gasteiger partial charge is 0.163 e. The molecule has 2 nitrogen and oxygen atoms in total. The van der Waals surface area contributed by atoms with E-state index >= 15 is 0 Å². The highest BCUT2D eigenvalue weighted by atomic mass is 28.1. The van der Waals surface area contributed by atoms with Gasteiger partial charge in [0.1, 0.15) is 0 Å². The van der Waals surface area contributed by atoms with Crippen LogP contribution in [0.4, 0.5) is 0 Å². The maximum Gasteiger partial charge on any atom is 0.163 e. The molecular weight excluding hydrogens is 204 g/mol. The molecule has 1 rings (SSSR count). The predicted molar refractivity (Wildman–Crippen MR) is 63.7 cm³/mol. The predicted octanol–water partition coefficient (Wildman–Crippen LogP) is 1.76. The minimum atomic E-state index is 0.806. The standard InChI is InChI=1S/C12H17O2Si/c1-5-6-9-7-10(13-3)11(14-4)8(2)12(9)15/h7H,5-6H2,1-4H3. The van der Waals surface area contributed by atoms with Gasteiger partial charge in [0.05, 0.1) is 24.5 Å². The maximum atomic E-state index is 5.32. The van der Waals surface area contributed by atoms with Crippen molar-refractivity contribution < 1.29 is 9.47 Å². The van der Waals surface area contributed by atoms with E-state index in [1.807, 2.05) is 13.0 Å². The summed E-state index contributed by atoms with van der Waals surface area (Å²) in [5.41, 5.74) is 2.36. The van der Waals surface area contributed by atoms with Gasteiger partial charge in [-0.1, -0.05) is 18.5 Å². The largest absolute Gasteiger partial charge is 0.493 e. The molecule has 0 spiro atoms. The van der Waals surface area contributed by atoms with Gasteiger partial charge in [0.15, 0.2) is 11.5 Å². The van der Waals surface area contributed by atoms with E-state index in [2.05, 4.69) is 17.2 Å². The Kier molecular flexibility index (Phi) is 4.21. The van der Waals surface area contributed by atoms with E-state index < -0.39 is 0 Å². The van der Waals surface area contributed by atoms with E-state index in [0.29, 0.717) is 0 Å². The lowest BCUT2D eigenvalue weighted by molar-refractivity contribution is 0.353. The van der Waals surface area contributed by atoms with Gasteiger partial charge >= 0.3 is 0 Å². The summed E-state index contributed by atoms with van der Waals surface area (Å²) in [6, 6.07) is 2.04. The second-order valence-electron chi connectivity index (χ2n) is 3.52. The molecule has 0 saturated carbocycles. The number of rotatable bonds is 4. The minimum absolute atomic E-state index is 0.806. The zero-order valence-electron chi connectivity index (χ0n) is 9.81. The van der Waals surface area contributed by atoms with Crippen molar-refractivity contribution in [1.82, 2.24) is 0 Å². The van der Waals surface area contributed by atoms with Crippen molar-refractivity contribution in [2.75, 3.05) is 14.2 Å². The molecule has 1 aromatic rings. The Morgan fingerprint density at radius 3 is 2.40 bits per heavy atom. The van der Waals surface area contributed by atoms with E-state index in [9.17, 15) is 0 Å². The minimum Gasteiger partial charge on any atom is -0.493 e. The van der Waals surface area contributed by atoms with Gasteiger partial charge < -0.3 is 9.47 Å². The van der Waals surface area contributed by atoms with Crippen LogP contribution in [0, 0.1) is 6.92 Å². The van der Waals surface area contributed by atoms with Crippen LogP contribution in [-0.2, 0) is 6.42 Å². The summed E-state index contributed by atoms with van der Waals surface area (Å²) >= 11 is 0. The van der Waals surface area contributed by atoms with Gasteiger partial charge in [0.25, 0.3) is 0 Å². The van der Waals surface area contributed by atoms with Crippen LogP contribution in [0.3, 0.4) is 0 Å². The molecule has 0 amide bonds. The molecule has 0 unspecified atom stereocenters. The number of hydrogen-bond donors (Lipinski definition) is 0. The van der Waals surface area contributed by atoms with E-state index in [1.54, 1.807) is 14.2 Å². The van der Waals surface area contributed by atoms with Crippen molar-refractivity contribution >= 4 is 15.4 Å². The zero-order chi connectivity index (χ0) is 11.4. The molecule has 0 atom stereocenters. The molecule has 3 radical (unpaired) electrons. The molecule has 3 heteroatoms. The van der Waals surface area contributed by atoms with Crippen molar-refractivity contribution in [2.24, 2.45) is 0 Å². The molecule has 0 aliphatic heterocycles. The summed E-state index contributed by atoms with van der Waals surface area (Å²) in [5.74, 6) is 1.61. The first-order valence-electron chi connectivity index (χ1n) is 5.11. The highest BCUT2D eigenvalue weighted by Crippen LogP contribution is 2.30. The molecule has 0 bridgehead atoms. The third kappa shape index (κ3) is 2.34. The van der Waals surface area contributed by atoms with E-state index in [4.69, 9.17) is 9.47 Å². The van der Waals surface area contributed by atoms with Crippen LogP contribution in [0.5, 0.6) is 11.5 Å². The molecule has 0 heterocycles. The van der Waals surface area contributed by atoms with Crippen molar-refractivity contribution in [3.63, 3.8) is 0 Å². The Morgan fingerprint density at radius 1 is 1.27 bits per heavy atom. The maximum absolute atomic E-state index is 5.32. The quantitative estimate of drug-likeness (QED) is 0.721. The summed E-state index contributed by atoms with van der Waals surface area (Å²) in [7, 11) is 6.98. The molecular formula is C12H17O2Si. The molecule has 0 N–H and O–H groups in total. The lowest BCUT2D eigenvalue weighted by atomic mass is 10.1. The van der Waals surface area contributed by atoms with Crippen LogP contribution < -0.4 is 14.7 Å². The third-order valence-corrected chi connectivity index (χ3v) is 3.21. The number of benzene rings is 1. The Morgan fingerprint density at radius 2 is 1.93 bits per heavy atom. The van der Waals surface area contributed by atoms with Gasteiger partial charge in [-0.3, -0.25) is 0 Å². The van der Waals surface area contributed by atoms with Crippen molar-refractivity contribution in [3.8, 4) is 11.5 Å². The normalized spacial score (nSPS) is 10.2. The fourth-order valence-corrected chi connectivity index (χ4v) is 2.02. The van der Waals surface area contributed by atoms with Gasteiger partial charge in [0, 0.05) is 0 Å². The third-order valence-electron chi connectivity index (χ3n) is 2.51.